The second kappa shape index (κ2) is 7.46. The fourth-order valence-corrected chi connectivity index (χ4v) is 3.10. The Labute approximate surface area is 112 Å². The highest BCUT2D eigenvalue weighted by Gasteiger charge is 2.23. The molecule has 1 saturated carbocycles. The molecule has 0 atom stereocenters. The summed E-state index contributed by atoms with van der Waals surface area (Å²) in [6.07, 6.45) is 5.79. The quantitative estimate of drug-likeness (QED) is 0.753. The van der Waals surface area contributed by atoms with Crippen LogP contribution in [-0.2, 0) is 9.47 Å². The van der Waals surface area contributed by atoms with Crippen molar-refractivity contribution in [3.05, 3.63) is 0 Å². The molecule has 106 valence electrons. The molecular weight excluding hydrogens is 226 g/mol. The van der Waals surface area contributed by atoms with Crippen molar-refractivity contribution in [2.24, 2.45) is 11.8 Å². The third kappa shape index (κ3) is 4.52. The lowest BCUT2D eigenvalue weighted by atomic mass is 9.80. The molecule has 0 N–H and O–H groups in total. The van der Waals surface area contributed by atoms with Gasteiger partial charge in [-0.25, -0.2) is 0 Å². The van der Waals surface area contributed by atoms with E-state index in [1.54, 1.807) is 0 Å². The number of hydrogen-bond donors (Lipinski definition) is 0. The lowest BCUT2D eigenvalue weighted by Crippen LogP contribution is -2.39. The first-order chi connectivity index (χ1) is 8.75. The maximum atomic E-state index is 6.03. The van der Waals surface area contributed by atoms with Crippen LogP contribution in [0.25, 0.3) is 0 Å². The van der Waals surface area contributed by atoms with Gasteiger partial charge in [0.1, 0.15) is 0 Å². The van der Waals surface area contributed by atoms with Gasteiger partial charge in [0.25, 0.3) is 0 Å². The van der Waals surface area contributed by atoms with Crippen LogP contribution in [0.4, 0.5) is 0 Å². The van der Waals surface area contributed by atoms with E-state index in [1.165, 1.54) is 25.7 Å². The summed E-state index contributed by atoms with van der Waals surface area (Å²) in [6, 6.07) is 0. The summed E-state index contributed by atoms with van der Waals surface area (Å²) < 4.78 is 11.4. The Hall–Kier alpha value is -0.120. The van der Waals surface area contributed by atoms with Gasteiger partial charge in [0.15, 0.2) is 0 Å². The molecule has 3 heteroatoms. The van der Waals surface area contributed by atoms with Gasteiger partial charge in [0.2, 0.25) is 0 Å². The second-order valence-electron chi connectivity index (χ2n) is 6.11. The van der Waals surface area contributed by atoms with E-state index in [0.29, 0.717) is 6.10 Å². The monoisotopic (exact) mass is 255 g/mol. The molecule has 1 aliphatic carbocycles. The van der Waals surface area contributed by atoms with Crippen LogP contribution in [-0.4, -0.2) is 50.5 Å². The molecule has 1 heterocycles. The molecule has 0 bridgehead atoms. The van der Waals surface area contributed by atoms with Gasteiger partial charge < -0.3 is 9.47 Å². The van der Waals surface area contributed by atoms with Crippen molar-refractivity contribution in [1.29, 1.82) is 0 Å². The standard InChI is InChI=1S/C15H29NO2/c1-13(2)14-3-5-15(6-4-14)18-12-9-16-7-10-17-11-8-16/h13-15H,3-12H2,1-2H3. The topological polar surface area (TPSA) is 21.7 Å². The lowest BCUT2D eigenvalue weighted by molar-refractivity contribution is -0.0155. The highest BCUT2D eigenvalue weighted by Crippen LogP contribution is 2.31. The van der Waals surface area contributed by atoms with Crippen molar-refractivity contribution in [1.82, 2.24) is 4.90 Å². The van der Waals surface area contributed by atoms with Crippen LogP contribution in [0, 0.1) is 11.8 Å². The number of ether oxygens (including phenoxy) is 2. The van der Waals surface area contributed by atoms with Crippen molar-refractivity contribution in [2.45, 2.75) is 45.6 Å². The minimum Gasteiger partial charge on any atom is -0.379 e. The van der Waals surface area contributed by atoms with Gasteiger partial charge in [0, 0.05) is 19.6 Å². The Bertz CT molecular complexity index is 219. The normalized spacial score (nSPS) is 30.8. The first kappa shape index (κ1) is 14.3. The first-order valence-corrected chi connectivity index (χ1v) is 7.67. The predicted molar refractivity (Wildman–Crippen MR) is 73.8 cm³/mol. The molecule has 2 fully saturated rings. The average Bonchev–Trinajstić information content (AvgIpc) is 2.40. The van der Waals surface area contributed by atoms with E-state index in [0.717, 1.165) is 51.3 Å². The SMILES string of the molecule is CC(C)C1CCC(OCCN2CCOCC2)CC1. The molecule has 0 aromatic carbocycles. The zero-order valence-electron chi connectivity index (χ0n) is 12.1. The van der Waals surface area contributed by atoms with Crippen LogP contribution in [0.1, 0.15) is 39.5 Å². The summed E-state index contributed by atoms with van der Waals surface area (Å²) in [5.74, 6) is 1.78. The van der Waals surface area contributed by atoms with E-state index < -0.39 is 0 Å². The summed E-state index contributed by atoms with van der Waals surface area (Å²) in [5.41, 5.74) is 0. The van der Waals surface area contributed by atoms with Crippen molar-refractivity contribution in [3.63, 3.8) is 0 Å². The van der Waals surface area contributed by atoms with Crippen LogP contribution in [0.5, 0.6) is 0 Å². The van der Waals surface area contributed by atoms with Gasteiger partial charge in [0.05, 0.1) is 25.9 Å². The summed E-state index contributed by atoms with van der Waals surface area (Å²) >= 11 is 0. The lowest BCUT2D eigenvalue weighted by Gasteiger charge is -2.32. The Morgan fingerprint density at radius 2 is 1.78 bits per heavy atom. The van der Waals surface area contributed by atoms with Gasteiger partial charge in [-0.2, -0.15) is 0 Å². The van der Waals surface area contributed by atoms with E-state index in [-0.39, 0.29) is 0 Å². The van der Waals surface area contributed by atoms with Gasteiger partial charge in [-0.05, 0) is 37.5 Å². The fraction of sp³-hybridized carbons (Fsp3) is 1.00. The fourth-order valence-electron chi connectivity index (χ4n) is 3.10. The molecule has 2 aliphatic rings. The van der Waals surface area contributed by atoms with Crippen molar-refractivity contribution in [3.8, 4) is 0 Å². The Morgan fingerprint density at radius 3 is 2.39 bits per heavy atom. The Kier molecular flexibility index (Phi) is 5.93. The number of nitrogens with zero attached hydrogens (tertiary/aromatic N) is 1. The highest BCUT2D eigenvalue weighted by atomic mass is 16.5. The summed E-state index contributed by atoms with van der Waals surface area (Å²) in [5, 5.41) is 0. The Balaban J connectivity index is 1.55. The number of hydrogen-bond acceptors (Lipinski definition) is 3. The van der Waals surface area contributed by atoms with Crippen molar-refractivity contribution in [2.75, 3.05) is 39.5 Å². The summed E-state index contributed by atoms with van der Waals surface area (Å²) in [6.45, 7) is 10.6. The number of rotatable bonds is 5. The molecule has 0 spiro atoms. The third-order valence-electron chi connectivity index (χ3n) is 4.53. The van der Waals surface area contributed by atoms with Crippen molar-refractivity contribution < 1.29 is 9.47 Å². The Morgan fingerprint density at radius 1 is 1.11 bits per heavy atom. The zero-order chi connectivity index (χ0) is 12.8. The van der Waals surface area contributed by atoms with Crippen LogP contribution >= 0.6 is 0 Å². The van der Waals surface area contributed by atoms with E-state index in [2.05, 4.69) is 18.7 Å². The third-order valence-corrected chi connectivity index (χ3v) is 4.53. The smallest absolute Gasteiger partial charge is 0.0597 e. The minimum atomic E-state index is 0.529. The van der Waals surface area contributed by atoms with E-state index in [9.17, 15) is 0 Å². The molecule has 2 rings (SSSR count). The zero-order valence-corrected chi connectivity index (χ0v) is 12.1. The van der Waals surface area contributed by atoms with Crippen molar-refractivity contribution >= 4 is 0 Å². The maximum absolute atomic E-state index is 6.03. The molecule has 0 amide bonds. The first-order valence-electron chi connectivity index (χ1n) is 7.67. The molecule has 18 heavy (non-hydrogen) atoms. The summed E-state index contributed by atoms with van der Waals surface area (Å²) in [4.78, 5) is 2.45. The van der Waals surface area contributed by atoms with Gasteiger partial charge in [-0.3, -0.25) is 4.90 Å². The minimum absolute atomic E-state index is 0.529. The van der Waals surface area contributed by atoms with E-state index in [4.69, 9.17) is 9.47 Å². The average molecular weight is 255 g/mol. The van der Waals surface area contributed by atoms with E-state index >= 15 is 0 Å². The predicted octanol–water partition coefficient (Wildman–Crippen LogP) is 2.55. The van der Waals surface area contributed by atoms with Gasteiger partial charge >= 0.3 is 0 Å². The van der Waals surface area contributed by atoms with Crippen LogP contribution < -0.4 is 0 Å². The largest absolute Gasteiger partial charge is 0.379 e. The molecular formula is C15H29NO2. The van der Waals surface area contributed by atoms with Crippen LogP contribution in [0.15, 0.2) is 0 Å². The molecule has 1 saturated heterocycles. The molecule has 0 radical (unpaired) electrons. The molecule has 0 aromatic rings. The highest BCUT2D eigenvalue weighted by molar-refractivity contribution is 4.75. The summed E-state index contributed by atoms with van der Waals surface area (Å²) in [7, 11) is 0. The molecule has 3 nitrogen and oxygen atoms in total. The van der Waals surface area contributed by atoms with E-state index in [1.807, 2.05) is 0 Å². The van der Waals surface area contributed by atoms with Gasteiger partial charge in [-0.15, -0.1) is 0 Å². The molecule has 1 aliphatic heterocycles. The maximum Gasteiger partial charge on any atom is 0.0597 e. The molecule has 0 unspecified atom stereocenters. The van der Waals surface area contributed by atoms with Crippen LogP contribution in [0.3, 0.4) is 0 Å². The second-order valence-corrected chi connectivity index (χ2v) is 6.11. The van der Waals surface area contributed by atoms with Crippen LogP contribution in [0.2, 0.25) is 0 Å². The molecule has 0 aromatic heterocycles. The number of morpholine rings is 1. The van der Waals surface area contributed by atoms with Gasteiger partial charge in [-0.1, -0.05) is 13.8 Å².